The van der Waals surface area contributed by atoms with Crippen molar-refractivity contribution < 1.29 is 0 Å². The summed E-state index contributed by atoms with van der Waals surface area (Å²) in [5, 5.41) is 17.2. The molecular weight excluding hydrogens is 709 g/mol. The zero-order chi connectivity index (χ0) is 38.2. The Balaban J connectivity index is 0.991. The molecule has 0 aliphatic carbocycles. The van der Waals surface area contributed by atoms with E-state index in [9.17, 15) is 0 Å². The summed E-state index contributed by atoms with van der Waals surface area (Å²) < 4.78 is 4.82. The first-order chi connectivity index (χ1) is 28.7. The van der Waals surface area contributed by atoms with Gasteiger partial charge >= 0.3 is 0 Å². The van der Waals surface area contributed by atoms with Crippen LogP contribution in [0.15, 0.2) is 204 Å². The lowest BCUT2D eigenvalue weighted by Crippen LogP contribution is -2.44. The van der Waals surface area contributed by atoms with Crippen molar-refractivity contribution in [3.63, 3.8) is 0 Å². The van der Waals surface area contributed by atoms with Crippen LogP contribution in [0.5, 0.6) is 0 Å². The van der Waals surface area contributed by atoms with Crippen LogP contribution in [0.4, 0.5) is 0 Å². The van der Waals surface area contributed by atoms with E-state index in [0.29, 0.717) is 12.4 Å². The Kier molecular flexibility index (Phi) is 7.25. The van der Waals surface area contributed by atoms with Crippen LogP contribution in [-0.4, -0.2) is 33.5 Å². The van der Waals surface area contributed by atoms with Gasteiger partial charge in [0.1, 0.15) is 5.84 Å². The summed E-state index contributed by atoms with van der Waals surface area (Å²) in [5.74, 6) is 1.50. The van der Waals surface area contributed by atoms with E-state index < -0.39 is 0 Å². The van der Waals surface area contributed by atoms with E-state index in [-0.39, 0.29) is 6.17 Å². The summed E-state index contributed by atoms with van der Waals surface area (Å²) in [6, 6.07) is 62.8. The van der Waals surface area contributed by atoms with Crippen LogP contribution >= 0.6 is 0 Å². The molecule has 2 aromatic heterocycles. The number of aromatic nitrogens is 2. The van der Waals surface area contributed by atoms with Crippen molar-refractivity contribution in [2.45, 2.75) is 6.17 Å². The third kappa shape index (κ3) is 5.19. The van der Waals surface area contributed by atoms with E-state index in [2.05, 4.69) is 208 Å². The van der Waals surface area contributed by atoms with Crippen molar-refractivity contribution in [1.82, 2.24) is 19.8 Å². The standard InChI is InChI=1S/C52H36N6/c1-2-16-39(17-3-1)57-46-20-10-8-18-41(46)43-30-44-42-19-9-11-21-47(42)58(49(44)31-48(43)57)40-26-27-45(53-32-40)52-55-50(37-24-22-33-12-4-6-14-35(33)28-37)54-51(56-52)38-25-23-34-13-5-7-15-36(34)29-38/h1-31,52-53H,32H2,(H,54,55,56). The number of allylic oxidation sites excluding steroid dienone is 2. The molecule has 2 N–H and O–H groups in total. The average molecular weight is 745 g/mol. The van der Waals surface area contributed by atoms with Crippen LogP contribution in [0.3, 0.4) is 0 Å². The van der Waals surface area contributed by atoms with Gasteiger partial charge in [-0.3, -0.25) is 0 Å². The number of hydrogen-bond acceptors (Lipinski definition) is 4. The molecule has 6 nitrogen and oxygen atoms in total. The minimum atomic E-state index is -0.363. The first-order valence-corrected chi connectivity index (χ1v) is 19.8. The number of para-hydroxylation sites is 3. The lowest BCUT2D eigenvalue weighted by Gasteiger charge is -2.28. The molecule has 8 aromatic carbocycles. The molecule has 0 bridgehead atoms. The van der Waals surface area contributed by atoms with Crippen molar-refractivity contribution in [2.75, 3.05) is 6.54 Å². The Bertz CT molecular complexity index is 3430. The molecule has 2 aliphatic heterocycles. The summed E-state index contributed by atoms with van der Waals surface area (Å²) in [6.45, 7) is 0.626. The zero-order valence-electron chi connectivity index (χ0n) is 31.5. The SMILES string of the molecule is C1=C(C2N=C(c3ccc4ccccc4c3)N=C(c3ccc4ccccc4c3)N2)NCC(n2c3ccccc3c3cc4c5ccccc5n(-c5ccccc5)c4cc32)=C1. The number of benzene rings is 8. The van der Waals surface area contributed by atoms with Crippen LogP contribution in [-0.2, 0) is 0 Å². The average Bonchev–Trinajstić information content (AvgIpc) is 3.80. The number of rotatable bonds is 5. The Morgan fingerprint density at radius 2 is 1.05 bits per heavy atom. The highest BCUT2D eigenvalue weighted by molar-refractivity contribution is 6.20. The molecule has 1 atom stereocenters. The number of nitrogens with one attached hydrogen (secondary N) is 2. The van der Waals surface area contributed by atoms with Gasteiger partial charge in [-0.1, -0.05) is 127 Å². The maximum atomic E-state index is 5.25. The molecule has 12 rings (SSSR count). The molecule has 6 heteroatoms. The number of fused-ring (bicyclic) bond motifs is 8. The molecule has 0 saturated carbocycles. The fraction of sp³-hybridized carbons (Fsp3) is 0.0385. The third-order valence-corrected chi connectivity index (χ3v) is 11.8. The predicted molar refractivity (Wildman–Crippen MR) is 242 cm³/mol. The molecule has 1 unspecified atom stereocenters. The third-order valence-electron chi connectivity index (χ3n) is 11.8. The second-order valence-corrected chi connectivity index (χ2v) is 15.1. The number of nitrogens with zero attached hydrogens (tertiary/aromatic N) is 4. The van der Waals surface area contributed by atoms with Crippen molar-refractivity contribution in [3.8, 4) is 5.69 Å². The summed E-state index contributed by atoms with van der Waals surface area (Å²) >= 11 is 0. The molecule has 0 amide bonds. The van der Waals surface area contributed by atoms with Crippen LogP contribution in [0.25, 0.3) is 76.5 Å². The quantitative estimate of drug-likeness (QED) is 0.184. The number of aliphatic imine (C=N–C) groups is 2. The Hall–Kier alpha value is -7.70. The van der Waals surface area contributed by atoms with Gasteiger partial charge in [0.05, 0.1) is 34.3 Å². The maximum Gasteiger partial charge on any atom is 0.162 e. The molecule has 0 saturated heterocycles. The molecule has 4 heterocycles. The van der Waals surface area contributed by atoms with Crippen molar-refractivity contribution >= 4 is 82.5 Å². The van der Waals surface area contributed by atoms with Crippen molar-refractivity contribution in [3.05, 3.63) is 205 Å². The Morgan fingerprint density at radius 1 is 0.466 bits per heavy atom. The minimum absolute atomic E-state index is 0.363. The van der Waals surface area contributed by atoms with Crippen molar-refractivity contribution in [2.24, 2.45) is 9.98 Å². The Morgan fingerprint density at radius 3 is 1.74 bits per heavy atom. The lowest BCUT2D eigenvalue weighted by atomic mass is 10.0. The predicted octanol–water partition coefficient (Wildman–Crippen LogP) is 11.3. The van der Waals surface area contributed by atoms with Gasteiger partial charge in [-0.05, 0) is 82.2 Å². The van der Waals surface area contributed by atoms with E-state index in [1.165, 1.54) is 59.8 Å². The summed E-state index contributed by atoms with van der Waals surface area (Å²) in [4.78, 5) is 10.4. The van der Waals surface area contributed by atoms with Gasteiger partial charge in [0.2, 0.25) is 0 Å². The van der Waals surface area contributed by atoms with Crippen LogP contribution in [0.1, 0.15) is 11.1 Å². The fourth-order valence-electron chi connectivity index (χ4n) is 8.98. The fourth-order valence-corrected chi connectivity index (χ4v) is 8.98. The number of amidine groups is 2. The first kappa shape index (κ1) is 32.5. The second-order valence-electron chi connectivity index (χ2n) is 15.1. The van der Waals surface area contributed by atoms with Gasteiger partial charge in [-0.25, -0.2) is 9.98 Å². The number of dihydropyridines is 1. The minimum Gasteiger partial charge on any atom is -0.379 e. The molecule has 274 valence electrons. The highest BCUT2D eigenvalue weighted by Gasteiger charge is 2.26. The first-order valence-electron chi connectivity index (χ1n) is 19.8. The van der Waals surface area contributed by atoms with Crippen LogP contribution in [0, 0.1) is 0 Å². The van der Waals surface area contributed by atoms with Gasteiger partial charge in [0, 0.05) is 44.1 Å². The highest BCUT2D eigenvalue weighted by atomic mass is 15.2. The van der Waals surface area contributed by atoms with Gasteiger partial charge < -0.3 is 19.8 Å². The zero-order valence-corrected chi connectivity index (χ0v) is 31.5. The Labute approximate surface area is 334 Å². The lowest BCUT2D eigenvalue weighted by molar-refractivity contribution is 0.651. The molecule has 2 aliphatic rings. The second kappa shape index (κ2) is 12.9. The van der Waals surface area contributed by atoms with Gasteiger partial charge in [0.25, 0.3) is 0 Å². The topological polar surface area (TPSA) is 58.6 Å². The smallest absolute Gasteiger partial charge is 0.162 e. The monoisotopic (exact) mass is 744 g/mol. The highest BCUT2D eigenvalue weighted by Crippen LogP contribution is 2.39. The largest absolute Gasteiger partial charge is 0.379 e. The van der Waals surface area contributed by atoms with Gasteiger partial charge in [-0.15, -0.1) is 0 Å². The van der Waals surface area contributed by atoms with E-state index in [0.717, 1.165) is 39.4 Å². The van der Waals surface area contributed by atoms with E-state index >= 15 is 0 Å². The molecule has 10 aromatic rings. The molecular formula is C52H36N6. The van der Waals surface area contributed by atoms with E-state index in [1.54, 1.807) is 0 Å². The summed E-state index contributed by atoms with van der Waals surface area (Å²) in [7, 11) is 0. The summed E-state index contributed by atoms with van der Waals surface area (Å²) in [5.41, 5.74) is 10.1. The molecule has 0 fully saturated rings. The van der Waals surface area contributed by atoms with Crippen LogP contribution < -0.4 is 10.6 Å². The van der Waals surface area contributed by atoms with Crippen LogP contribution in [0.2, 0.25) is 0 Å². The summed E-state index contributed by atoms with van der Waals surface area (Å²) in [6.07, 6.45) is 4.07. The molecule has 58 heavy (non-hydrogen) atoms. The van der Waals surface area contributed by atoms with Gasteiger partial charge in [-0.2, -0.15) is 0 Å². The maximum absolute atomic E-state index is 5.25. The molecule has 0 radical (unpaired) electrons. The normalized spacial score (nSPS) is 15.7. The van der Waals surface area contributed by atoms with E-state index in [1.807, 2.05) is 0 Å². The van der Waals surface area contributed by atoms with Crippen molar-refractivity contribution in [1.29, 1.82) is 0 Å². The number of hydrogen-bond donors (Lipinski definition) is 2. The molecule has 0 spiro atoms. The van der Waals surface area contributed by atoms with Gasteiger partial charge in [0.15, 0.2) is 12.0 Å². The van der Waals surface area contributed by atoms with E-state index in [4.69, 9.17) is 9.98 Å².